The molecule has 0 bridgehead atoms. The van der Waals surface area contributed by atoms with E-state index in [-0.39, 0.29) is 0 Å². The minimum absolute atomic E-state index is 0.375. The lowest BCUT2D eigenvalue weighted by atomic mass is 10.3. The first-order valence-electron chi connectivity index (χ1n) is 2.49. The lowest BCUT2D eigenvalue weighted by Gasteiger charge is -2.23. The van der Waals surface area contributed by atoms with E-state index in [2.05, 4.69) is 0 Å². The fraction of sp³-hybridized carbons (Fsp3) is 1.00. The van der Waals surface area contributed by atoms with Gasteiger partial charge in [-0.1, -0.05) is 0 Å². The molecular formula is C5H13NO2. The van der Waals surface area contributed by atoms with Crippen LogP contribution in [0, 0.1) is 0 Å². The molecule has 0 aliphatic heterocycles. The smallest absolute Gasteiger partial charge is 0.177 e. The van der Waals surface area contributed by atoms with E-state index < -0.39 is 5.79 Å². The fourth-order valence-corrected chi connectivity index (χ4v) is 0.250. The summed E-state index contributed by atoms with van der Waals surface area (Å²) in [7, 11) is 3.13. The van der Waals surface area contributed by atoms with Gasteiger partial charge in [-0.2, -0.15) is 0 Å². The molecule has 0 aliphatic rings. The van der Waals surface area contributed by atoms with Gasteiger partial charge in [-0.25, -0.2) is 0 Å². The Morgan fingerprint density at radius 1 is 1.38 bits per heavy atom. The van der Waals surface area contributed by atoms with Crippen molar-refractivity contribution in [1.29, 1.82) is 0 Å². The minimum atomic E-state index is -0.597. The molecule has 0 heterocycles. The fourth-order valence-electron chi connectivity index (χ4n) is 0.250. The maximum absolute atomic E-state index is 5.28. The van der Waals surface area contributed by atoms with E-state index in [0.717, 1.165) is 0 Å². The molecule has 0 rings (SSSR count). The lowest BCUT2D eigenvalue weighted by Crippen LogP contribution is -2.38. The third kappa shape index (κ3) is 1.78. The molecule has 0 saturated carbocycles. The summed E-state index contributed by atoms with van der Waals surface area (Å²) < 4.78 is 9.78. The van der Waals surface area contributed by atoms with Gasteiger partial charge in [-0.05, 0) is 6.92 Å². The average Bonchev–Trinajstić information content (AvgIpc) is 1.87. The second-order valence-electron chi connectivity index (χ2n) is 1.75. The van der Waals surface area contributed by atoms with Crippen molar-refractivity contribution < 1.29 is 9.47 Å². The molecule has 0 spiro atoms. The van der Waals surface area contributed by atoms with Gasteiger partial charge in [0.2, 0.25) is 0 Å². The van der Waals surface area contributed by atoms with Gasteiger partial charge < -0.3 is 15.2 Å². The summed E-state index contributed by atoms with van der Waals surface area (Å²) in [6.07, 6.45) is 0. The summed E-state index contributed by atoms with van der Waals surface area (Å²) in [5, 5.41) is 0. The minimum Gasteiger partial charge on any atom is -0.352 e. The molecule has 0 aromatic carbocycles. The van der Waals surface area contributed by atoms with E-state index in [1.807, 2.05) is 0 Å². The van der Waals surface area contributed by atoms with Crippen molar-refractivity contribution in [3.8, 4) is 0 Å². The van der Waals surface area contributed by atoms with Crippen LogP contribution in [-0.4, -0.2) is 26.6 Å². The number of nitrogens with two attached hydrogens (primary N) is 1. The van der Waals surface area contributed by atoms with E-state index in [1.165, 1.54) is 0 Å². The Kier molecular flexibility index (Phi) is 2.97. The van der Waals surface area contributed by atoms with Crippen LogP contribution in [0.5, 0.6) is 0 Å². The second kappa shape index (κ2) is 3.02. The molecule has 0 unspecified atom stereocenters. The van der Waals surface area contributed by atoms with E-state index in [1.54, 1.807) is 21.1 Å². The first kappa shape index (κ1) is 7.88. The highest BCUT2D eigenvalue weighted by molar-refractivity contribution is 4.60. The summed E-state index contributed by atoms with van der Waals surface area (Å²) in [5.74, 6) is -0.597. The third-order valence-electron chi connectivity index (χ3n) is 1.23. The number of rotatable bonds is 3. The molecule has 3 heteroatoms. The van der Waals surface area contributed by atoms with E-state index >= 15 is 0 Å². The highest BCUT2D eigenvalue weighted by atomic mass is 16.7. The number of hydrogen-bond acceptors (Lipinski definition) is 3. The van der Waals surface area contributed by atoms with Crippen LogP contribution >= 0.6 is 0 Å². The molecule has 8 heavy (non-hydrogen) atoms. The van der Waals surface area contributed by atoms with Crippen LogP contribution in [0.3, 0.4) is 0 Å². The largest absolute Gasteiger partial charge is 0.352 e. The van der Waals surface area contributed by atoms with Gasteiger partial charge in [0, 0.05) is 20.8 Å². The molecule has 0 atom stereocenters. The van der Waals surface area contributed by atoms with Gasteiger partial charge in [0.25, 0.3) is 0 Å². The SMILES string of the molecule is COC(C)(CN)OC. The van der Waals surface area contributed by atoms with Crippen molar-refractivity contribution in [2.45, 2.75) is 12.7 Å². The quantitative estimate of drug-likeness (QED) is 0.530. The number of ether oxygens (including phenoxy) is 2. The van der Waals surface area contributed by atoms with Gasteiger partial charge in [0.1, 0.15) is 0 Å². The summed E-state index contributed by atoms with van der Waals surface area (Å²) >= 11 is 0. The molecule has 0 radical (unpaired) electrons. The van der Waals surface area contributed by atoms with Crippen LogP contribution in [0.25, 0.3) is 0 Å². The van der Waals surface area contributed by atoms with Gasteiger partial charge in [0.15, 0.2) is 5.79 Å². The molecule has 0 aromatic rings. The Balaban J connectivity index is 3.58. The molecule has 0 aliphatic carbocycles. The molecule has 3 nitrogen and oxygen atoms in total. The Bertz CT molecular complexity index is 53.2. The molecular weight excluding hydrogens is 106 g/mol. The Labute approximate surface area is 49.8 Å². The maximum Gasteiger partial charge on any atom is 0.177 e. The van der Waals surface area contributed by atoms with Crippen LogP contribution in [0.1, 0.15) is 6.92 Å². The molecule has 0 fully saturated rings. The summed E-state index contributed by atoms with van der Waals surface area (Å²) in [4.78, 5) is 0. The van der Waals surface area contributed by atoms with Crippen molar-refractivity contribution in [2.24, 2.45) is 5.73 Å². The van der Waals surface area contributed by atoms with Gasteiger partial charge in [-0.15, -0.1) is 0 Å². The summed E-state index contributed by atoms with van der Waals surface area (Å²) in [5.41, 5.74) is 5.28. The highest BCUT2D eigenvalue weighted by Gasteiger charge is 2.18. The zero-order valence-electron chi connectivity index (χ0n) is 5.60. The van der Waals surface area contributed by atoms with Crippen molar-refractivity contribution in [1.82, 2.24) is 0 Å². The van der Waals surface area contributed by atoms with Gasteiger partial charge in [-0.3, -0.25) is 0 Å². The predicted octanol–water partition coefficient (Wildman–Crippen LogP) is -0.0459. The van der Waals surface area contributed by atoms with E-state index in [0.29, 0.717) is 6.54 Å². The monoisotopic (exact) mass is 119 g/mol. The van der Waals surface area contributed by atoms with Gasteiger partial charge in [0.05, 0.1) is 0 Å². The normalized spacial score (nSPS) is 12.0. The molecule has 50 valence electrons. The first-order valence-corrected chi connectivity index (χ1v) is 2.49. The Morgan fingerprint density at radius 2 is 1.75 bits per heavy atom. The molecule has 0 saturated heterocycles. The van der Waals surface area contributed by atoms with Crippen molar-refractivity contribution in [3.63, 3.8) is 0 Å². The third-order valence-corrected chi connectivity index (χ3v) is 1.23. The van der Waals surface area contributed by atoms with Gasteiger partial charge >= 0.3 is 0 Å². The van der Waals surface area contributed by atoms with Crippen LogP contribution < -0.4 is 5.73 Å². The molecule has 0 amide bonds. The standard InChI is InChI=1S/C5H13NO2/c1-5(4-6,7-2)8-3/h4,6H2,1-3H3. The van der Waals surface area contributed by atoms with Crippen LogP contribution in [-0.2, 0) is 9.47 Å². The van der Waals surface area contributed by atoms with Crippen molar-refractivity contribution in [2.75, 3.05) is 20.8 Å². The Morgan fingerprint density at radius 3 is 1.75 bits per heavy atom. The number of hydrogen-bond donors (Lipinski definition) is 1. The predicted molar refractivity (Wildman–Crippen MR) is 31.5 cm³/mol. The second-order valence-corrected chi connectivity index (χ2v) is 1.75. The maximum atomic E-state index is 5.28. The van der Waals surface area contributed by atoms with E-state index in [9.17, 15) is 0 Å². The highest BCUT2D eigenvalue weighted by Crippen LogP contribution is 2.05. The summed E-state index contributed by atoms with van der Waals surface area (Å²) in [6.45, 7) is 2.16. The topological polar surface area (TPSA) is 44.5 Å². The molecule has 0 aromatic heterocycles. The lowest BCUT2D eigenvalue weighted by molar-refractivity contribution is -0.185. The van der Waals surface area contributed by atoms with Crippen molar-refractivity contribution in [3.05, 3.63) is 0 Å². The van der Waals surface area contributed by atoms with Crippen LogP contribution in [0.2, 0.25) is 0 Å². The Hall–Kier alpha value is -0.120. The van der Waals surface area contributed by atoms with Crippen LogP contribution in [0.15, 0.2) is 0 Å². The molecule has 2 N–H and O–H groups in total. The average molecular weight is 119 g/mol. The van der Waals surface area contributed by atoms with E-state index in [4.69, 9.17) is 15.2 Å². The summed E-state index contributed by atoms with van der Waals surface area (Å²) in [6, 6.07) is 0. The zero-order valence-corrected chi connectivity index (χ0v) is 5.60. The van der Waals surface area contributed by atoms with Crippen LogP contribution in [0.4, 0.5) is 0 Å². The van der Waals surface area contributed by atoms with Crippen molar-refractivity contribution >= 4 is 0 Å². The zero-order chi connectivity index (χ0) is 6.62. The first-order chi connectivity index (χ1) is 3.68. The number of methoxy groups -OCH3 is 2.